The molecule has 83 heavy (non-hydrogen) atoms. The number of benzene rings is 1. The number of amides is 6. The minimum Gasteiger partial charge on any atom is -0.445 e. The second-order valence-electron chi connectivity index (χ2n) is 19.8. The van der Waals surface area contributed by atoms with Crippen LogP contribution in [0, 0.1) is 5.92 Å². The Morgan fingerprint density at radius 1 is 0.771 bits per heavy atom. The van der Waals surface area contributed by atoms with Crippen LogP contribution in [0.1, 0.15) is 64.5 Å². The van der Waals surface area contributed by atoms with Crippen LogP contribution in [0.4, 0.5) is 22.4 Å². The Labute approximate surface area is 467 Å². The molecule has 0 spiro atoms. The van der Waals surface area contributed by atoms with E-state index in [0.29, 0.717) is 24.8 Å². The molecular formula is C46H57N15O20P2. The smallest absolute Gasteiger partial charge is 0.445 e. The van der Waals surface area contributed by atoms with Gasteiger partial charge in [0.1, 0.15) is 55.3 Å². The summed E-state index contributed by atoms with van der Waals surface area (Å²) >= 11 is 0. The van der Waals surface area contributed by atoms with Crippen molar-refractivity contribution in [3.8, 4) is 0 Å². The van der Waals surface area contributed by atoms with Gasteiger partial charge in [-0.25, -0.2) is 23.9 Å². The molecule has 3 fully saturated rings. The summed E-state index contributed by atoms with van der Waals surface area (Å²) in [6.45, 7) is 2.72. The summed E-state index contributed by atoms with van der Waals surface area (Å²) < 4.78 is 69.0. The first-order chi connectivity index (χ1) is 39.3. The number of aliphatic hydroxyl groups is 1. The van der Waals surface area contributed by atoms with Crippen LogP contribution in [0.15, 0.2) is 58.7 Å². The fourth-order valence-electron chi connectivity index (χ4n) is 9.36. The molecule has 13 N–H and O–H groups in total. The number of carbonyl (C=O) groups excluding carboxylic acids is 6. The number of rotatable bonds is 17. The molecule has 0 aliphatic carbocycles. The van der Waals surface area contributed by atoms with Crippen molar-refractivity contribution in [1.29, 1.82) is 0 Å². The lowest BCUT2D eigenvalue weighted by Gasteiger charge is -2.29. The summed E-state index contributed by atoms with van der Waals surface area (Å²) in [6, 6.07) is 2.24. The van der Waals surface area contributed by atoms with Crippen LogP contribution in [-0.2, 0) is 72.0 Å². The van der Waals surface area contributed by atoms with Crippen LogP contribution in [0.25, 0.3) is 22.3 Å². The Morgan fingerprint density at radius 2 is 1.33 bits per heavy atom. The van der Waals surface area contributed by atoms with Gasteiger partial charge in [0.25, 0.3) is 22.9 Å². The number of imidazole rings is 2. The van der Waals surface area contributed by atoms with Gasteiger partial charge in [0, 0.05) is 30.8 Å². The van der Waals surface area contributed by atoms with E-state index in [-0.39, 0.29) is 70.6 Å². The second kappa shape index (κ2) is 24.6. The topological polar surface area (TPSA) is 492 Å². The quantitative estimate of drug-likeness (QED) is 0.0301. The first-order valence-corrected chi connectivity index (χ1v) is 28.6. The minimum absolute atomic E-state index is 0.0889. The van der Waals surface area contributed by atoms with Crippen LogP contribution in [0.3, 0.4) is 0 Å². The molecule has 5 aromatic rings. The van der Waals surface area contributed by atoms with Gasteiger partial charge in [0.2, 0.25) is 29.6 Å². The van der Waals surface area contributed by atoms with Gasteiger partial charge < -0.3 is 61.8 Å². The lowest BCUT2D eigenvalue weighted by atomic mass is 10.0. The molecule has 0 bridgehead atoms. The Morgan fingerprint density at radius 3 is 1.92 bits per heavy atom. The number of aliphatic hydroxyl groups excluding tert-OH is 1. The molecule has 12 atom stereocenters. The van der Waals surface area contributed by atoms with Crippen LogP contribution < -0.4 is 43.9 Å². The largest absolute Gasteiger partial charge is 0.472 e. The zero-order chi connectivity index (χ0) is 59.7. The van der Waals surface area contributed by atoms with Gasteiger partial charge in [-0.3, -0.25) is 75.7 Å². The van der Waals surface area contributed by atoms with Gasteiger partial charge in [-0.1, -0.05) is 32.4 Å². The van der Waals surface area contributed by atoms with Gasteiger partial charge >= 0.3 is 21.7 Å². The molecule has 3 saturated heterocycles. The third kappa shape index (κ3) is 13.7. The number of nitrogens with zero attached hydrogens (tertiary/aromatic N) is 7. The maximum Gasteiger partial charge on any atom is 0.472 e. The number of ether oxygens (including phenoxy) is 3. The molecule has 6 amide bonds. The van der Waals surface area contributed by atoms with Crippen LogP contribution >= 0.6 is 15.6 Å². The Balaban J connectivity index is 0.835. The molecule has 35 nitrogen and oxygen atoms in total. The Hall–Kier alpha value is -7.82. The number of imide groups is 1. The Kier molecular flexibility index (Phi) is 17.7. The number of hydrogen-bond donors (Lipinski definition) is 11. The number of anilines is 3. The van der Waals surface area contributed by atoms with E-state index in [1.807, 2.05) is 0 Å². The highest BCUT2D eigenvalue weighted by Crippen LogP contribution is 2.54. The molecule has 4 aliphatic rings. The van der Waals surface area contributed by atoms with E-state index >= 15 is 0 Å². The van der Waals surface area contributed by atoms with Crippen molar-refractivity contribution in [1.82, 2.24) is 59.9 Å². The number of aromatic nitrogens is 8. The number of phosphoric ester groups is 2. The van der Waals surface area contributed by atoms with Crippen molar-refractivity contribution < 1.29 is 85.1 Å². The number of aromatic amines is 2. The van der Waals surface area contributed by atoms with Gasteiger partial charge in [-0.2, -0.15) is 9.97 Å². The number of nitrogen functional groups attached to an aromatic ring is 2. The fraction of sp³-hybridized carbons (Fsp3) is 0.478. The highest BCUT2D eigenvalue weighted by Gasteiger charge is 2.55. The van der Waals surface area contributed by atoms with E-state index in [0.717, 1.165) is 26.7 Å². The van der Waals surface area contributed by atoms with Crippen LogP contribution in [-0.4, -0.2) is 163 Å². The zero-order valence-electron chi connectivity index (χ0n) is 44.1. The number of nitrogens with two attached hydrogens (primary N) is 2. The number of unbranched alkanes of at least 4 members (excludes halogenated alkanes) is 2. The fourth-order valence-corrected chi connectivity index (χ4v) is 11.3. The molecule has 4 aromatic heterocycles. The molecule has 0 saturated carbocycles. The number of fused-ring (bicyclic) bond motifs is 4. The maximum atomic E-state index is 13.9. The SMILES string of the molecule is CC(C)[C@H](NC(=O)CCCCCN1C(=O)C=CC1=O)C(=O)N[C@@H](C)C(=O)Nc1ccc(COC(=O)N[C@H]2C3OP(=O)(O)OC[C@H]4O[C@@H](n5cnc6c(=O)[nH]c(N)nc65)[C@@H](O)C4OP(=O)(O)OC[C@H]3O[C@H]2n2cnc3c(=O)[nH]c(N)nc32)cc1. The van der Waals surface area contributed by atoms with Crippen molar-refractivity contribution in [3.63, 3.8) is 0 Å². The minimum atomic E-state index is -5.37. The molecule has 4 unspecified atom stereocenters. The second-order valence-corrected chi connectivity index (χ2v) is 22.6. The van der Waals surface area contributed by atoms with E-state index in [1.54, 1.807) is 13.8 Å². The molecular weight excluding hydrogens is 1140 g/mol. The predicted molar refractivity (Wildman–Crippen MR) is 281 cm³/mol. The number of carbonyl (C=O) groups is 6. The summed E-state index contributed by atoms with van der Waals surface area (Å²) in [7, 11) is -10.7. The van der Waals surface area contributed by atoms with E-state index in [9.17, 15) is 62.4 Å². The van der Waals surface area contributed by atoms with Crippen molar-refractivity contribution in [2.45, 2.75) is 114 Å². The molecule has 8 heterocycles. The van der Waals surface area contributed by atoms with Crippen LogP contribution in [0.2, 0.25) is 0 Å². The number of hydrogen-bond acceptors (Lipinski definition) is 24. The number of nitrogens with one attached hydrogen (secondary N) is 6. The third-order valence-corrected chi connectivity index (χ3v) is 15.5. The van der Waals surface area contributed by atoms with Gasteiger partial charge in [0.05, 0.1) is 25.9 Å². The summed E-state index contributed by atoms with van der Waals surface area (Å²) in [6.07, 6.45) is -7.19. The van der Waals surface area contributed by atoms with Crippen molar-refractivity contribution in [2.24, 2.45) is 5.92 Å². The third-order valence-electron chi connectivity index (χ3n) is 13.5. The molecule has 9 rings (SSSR count). The maximum absolute atomic E-state index is 13.9. The number of H-pyrrole nitrogens is 2. The Bertz CT molecular complexity index is 3560. The lowest BCUT2D eigenvalue weighted by Crippen LogP contribution is -2.53. The first kappa shape index (κ1) is 59.8. The average Bonchev–Trinajstić information content (AvgIpc) is 3.74. The van der Waals surface area contributed by atoms with Gasteiger partial charge in [-0.15, -0.1) is 0 Å². The molecule has 1 aromatic carbocycles. The summed E-state index contributed by atoms with van der Waals surface area (Å²) in [5.74, 6) is -3.41. The van der Waals surface area contributed by atoms with E-state index in [4.69, 9.17) is 43.8 Å². The standard InChI is InChI=1S/C46H57N15O20P2/c1-20(2)29(53-26(62)7-5-4-6-14-59-27(63)12-13-28(59)64)39(67)51-21(3)38(66)52-23-10-8-22(9-11-23)15-75-46(70)54-30-34-24(78-42(30)60-18-49-31-36(60)55-44(47)57-40(31)68)16-76-83(73,74)81-35-25(17-77-82(71,72)80-34)79-43(33(35)65)61-19-50-32-37(61)56-45(48)58-41(32)69/h8-13,18-21,24-25,29-30,33-35,42-43,65H,4-7,14-17H2,1-3H3,(H,51,67)(H,52,66)(H,53,62)(H,54,70)(H,71,72)(H,73,74)(H3,47,55,57,68)(H3,48,56,58,69)/t21-,24+,25+,29-,30-,33-,34?,35?,42+,43+/m0/s1. The number of phosphoric acid groups is 2. The van der Waals surface area contributed by atoms with E-state index < -0.39 is 132 Å². The van der Waals surface area contributed by atoms with Crippen molar-refractivity contribution in [2.75, 3.05) is 36.5 Å². The first-order valence-electron chi connectivity index (χ1n) is 25.6. The van der Waals surface area contributed by atoms with Gasteiger partial charge in [0.15, 0.2) is 34.8 Å². The normalized spacial score (nSPS) is 27.1. The summed E-state index contributed by atoms with van der Waals surface area (Å²) in [5.41, 5.74) is 9.82. The summed E-state index contributed by atoms with van der Waals surface area (Å²) in [4.78, 5) is 146. The van der Waals surface area contributed by atoms with Crippen molar-refractivity contribution in [3.05, 3.63) is 75.3 Å². The monoisotopic (exact) mass is 1200 g/mol. The summed E-state index contributed by atoms with van der Waals surface area (Å²) in [5, 5.41) is 21.9. The zero-order valence-corrected chi connectivity index (χ0v) is 45.9. The van der Waals surface area contributed by atoms with E-state index in [1.165, 1.54) is 43.3 Å². The van der Waals surface area contributed by atoms with E-state index in [2.05, 4.69) is 51.2 Å². The average molecular weight is 1200 g/mol. The van der Waals surface area contributed by atoms with Crippen molar-refractivity contribution >= 4 is 91.2 Å². The lowest BCUT2D eigenvalue weighted by molar-refractivity contribution is -0.137. The highest BCUT2D eigenvalue weighted by atomic mass is 31.2. The molecule has 0 radical (unpaired) electrons. The number of alkyl carbamates (subject to hydrolysis) is 1. The molecule has 446 valence electrons. The molecule has 37 heteroatoms. The van der Waals surface area contributed by atoms with Crippen LogP contribution in [0.5, 0.6) is 0 Å². The van der Waals surface area contributed by atoms with Gasteiger partial charge in [-0.05, 0) is 43.4 Å². The highest BCUT2D eigenvalue weighted by molar-refractivity contribution is 7.47. The molecule has 4 aliphatic heterocycles. The predicted octanol–water partition coefficient (Wildman–Crippen LogP) is -1.04.